The second-order valence-electron chi connectivity index (χ2n) is 6.40. The highest BCUT2D eigenvalue weighted by molar-refractivity contribution is 9.10. The number of hydrogen-bond acceptors (Lipinski definition) is 3. The Morgan fingerprint density at radius 2 is 1.78 bits per heavy atom. The van der Waals surface area contributed by atoms with Crippen molar-refractivity contribution in [2.75, 3.05) is 14.2 Å². The van der Waals surface area contributed by atoms with Crippen molar-refractivity contribution in [3.8, 4) is 11.4 Å². The highest BCUT2D eigenvalue weighted by atomic mass is 79.9. The predicted octanol–water partition coefficient (Wildman–Crippen LogP) is 4.79. The van der Waals surface area contributed by atoms with E-state index in [9.17, 15) is 4.79 Å². The van der Waals surface area contributed by atoms with E-state index in [1.807, 2.05) is 69.4 Å². The van der Waals surface area contributed by atoms with Gasteiger partial charge in [0.15, 0.2) is 0 Å². The van der Waals surface area contributed by atoms with Crippen LogP contribution >= 0.6 is 15.9 Å². The maximum Gasteiger partial charge on any atom is 0.257 e. The van der Waals surface area contributed by atoms with E-state index in [4.69, 9.17) is 4.74 Å². The van der Waals surface area contributed by atoms with E-state index in [1.54, 1.807) is 22.9 Å². The van der Waals surface area contributed by atoms with Gasteiger partial charge < -0.3 is 9.64 Å². The van der Waals surface area contributed by atoms with Gasteiger partial charge in [-0.25, -0.2) is 4.68 Å². The highest BCUT2D eigenvalue weighted by Gasteiger charge is 2.23. The number of rotatable bonds is 5. The standard InChI is InChI=1S/C21H22BrN3O2/c1-14(16-5-11-19(27-4)12-6-16)24(3)21(26)20-13-23-25(15(20)2)18-9-7-17(22)8-10-18/h5-14H,1-4H3. The molecule has 1 unspecified atom stereocenters. The Kier molecular flexibility index (Phi) is 5.65. The van der Waals surface area contributed by atoms with Crippen LogP contribution in [-0.2, 0) is 0 Å². The summed E-state index contributed by atoms with van der Waals surface area (Å²) < 4.78 is 7.98. The van der Waals surface area contributed by atoms with Crippen molar-refractivity contribution in [1.82, 2.24) is 14.7 Å². The normalized spacial score (nSPS) is 11.9. The molecule has 0 bridgehead atoms. The average Bonchev–Trinajstić information content (AvgIpc) is 3.08. The third-order valence-corrected chi connectivity index (χ3v) is 5.34. The smallest absolute Gasteiger partial charge is 0.257 e. The third kappa shape index (κ3) is 3.90. The molecule has 0 spiro atoms. The predicted molar refractivity (Wildman–Crippen MR) is 110 cm³/mol. The van der Waals surface area contributed by atoms with Crippen LogP contribution in [0, 0.1) is 6.92 Å². The molecule has 1 amide bonds. The van der Waals surface area contributed by atoms with Gasteiger partial charge in [-0.15, -0.1) is 0 Å². The summed E-state index contributed by atoms with van der Waals surface area (Å²) in [6, 6.07) is 15.5. The summed E-state index contributed by atoms with van der Waals surface area (Å²) in [6.45, 7) is 3.92. The minimum atomic E-state index is -0.0705. The van der Waals surface area contributed by atoms with E-state index in [1.165, 1.54) is 0 Å². The first-order valence-corrected chi connectivity index (χ1v) is 9.43. The summed E-state index contributed by atoms with van der Waals surface area (Å²) in [7, 11) is 3.45. The Labute approximate surface area is 167 Å². The molecule has 0 aliphatic heterocycles. The Bertz CT molecular complexity index is 933. The van der Waals surface area contributed by atoms with Crippen molar-refractivity contribution in [3.05, 3.63) is 76.0 Å². The van der Waals surface area contributed by atoms with Crippen molar-refractivity contribution in [2.45, 2.75) is 19.9 Å². The van der Waals surface area contributed by atoms with Gasteiger partial charge in [-0.2, -0.15) is 5.10 Å². The summed E-state index contributed by atoms with van der Waals surface area (Å²) in [4.78, 5) is 14.8. The minimum Gasteiger partial charge on any atom is -0.497 e. The molecule has 140 valence electrons. The van der Waals surface area contributed by atoms with Gasteiger partial charge in [0, 0.05) is 11.5 Å². The Balaban J connectivity index is 1.83. The fourth-order valence-electron chi connectivity index (χ4n) is 2.93. The molecule has 5 nitrogen and oxygen atoms in total. The number of aromatic nitrogens is 2. The fraction of sp³-hybridized carbons (Fsp3) is 0.238. The lowest BCUT2D eigenvalue weighted by molar-refractivity contribution is 0.0742. The van der Waals surface area contributed by atoms with Crippen LogP contribution in [0.3, 0.4) is 0 Å². The van der Waals surface area contributed by atoms with Crippen molar-refractivity contribution in [2.24, 2.45) is 0 Å². The molecule has 0 saturated heterocycles. The summed E-state index contributed by atoms with van der Waals surface area (Å²) in [5.41, 5.74) is 3.38. The molecule has 0 N–H and O–H groups in total. The number of benzene rings is 2. The molecule has 6 heteroatoms. The number of carbonyl (C=O) groups is 1. The maximum atomic E-state index is 13.0. The van der Waals surface area contributed by atoms with E-state index in [0.717, 1.165) is 27.2 Å². The SMILES string of the molecule is COc1ccc(C(C)N(C)C(=O)c2cnn(-c3ccc(Br)cc3)c2C)cc1. The van der Waals surface area contributed by atoms with Crippen molar-refractivity contribution in [1.29, 1.82) is 0 Å². The number of hydrogen-bond donors (Lipinski definition) is 0. The first-order valence-electron chi connectivity index (χ1n) is 8.64. The van der Waals surface area contributed by atoms with Crippen molar-refractivity contribution in [3.63, 3.8) is 0 Å². The first-order chi connectivity index (χ1) is 12.9. The highest BCUT2D eigenvalue weighted by Crippen LogP contribution is 2.24. The van der Waals surface area contributed by atoms with Crippen LogP contribution in [0.5, 0.6) is 5.75 Å². The van der Waals surface area contributed by atoms with Crippen molar-refractivity contribution < 1.29 is 9.53 Å². The van der Waals surface area contributed by atoms with Gasteiger partial charge in [0.1, 0.15) is 5.75 Å². The number of halogens is 1. The number of carbonyl (C=O) groups excluding carboxylic acids is 1. The Morgan fingerprint density at radius 3 is 2.37 bits per heavy atom. The monoisotopic (exact) mass is 427 g/mol. The first kappa shape index (κ1) is 19.2. The quantitative estimate of drug-likeness (QED) is 0.588. The lowest BCUT2D eigenvalue weighted by Crippen LogP contribution is -2.30. The van der Waals surface area contributed by atoms with Crippen LogP contribution in [-0.4, -0.2) is 34.7 Å². The number of methoxy groups -OCH3 is 1. The van der Waals surface area contributed by atoms with Gasteiger partial charge in [-0.05, 0) is 55.8 Å². The molecule has 3 aromatic rings. The van der Waals surface area contributed by atoms with Crippen LogP contribution in [0.1, 0.15) is 34.6 Å². The minimum absolute atomic E-state index is 0.0563. The zero-order valence-corrected chi connectivity index (χ0v) is 17.4. The second kappa shape index (κ2) is 7.96. The molecule has 0 saturated carbocycles. The van der Waals surface area contributed by atoms with Gasteiger partial charge in [0.05, 0.1) is 36.3 Å². The number of ether oxygens (including phenoxy) is 1. The van der Waals surface area contributed by atoms with E-state index in [0.29, 0.717) is 5.56 Å². The van der Waals surface area contributed by atoms with E-state index in [2.05, 4.69) is 21.0 Å². The van der Waals surface area contributed by atoms with E-state index >= 15 is 0 Å². The topological polar surface area (TPSA) is 47.4 Å². The lowest BCUT2D eigenvalue weighted by Gasteiger charge is -2.25. The van der Waals surface area contributed by atoms with Crippen LogP contribution in [0.25, 0.3) is 5.69 Å². The van der Waals surface area contributed by atoms with Crippen LogP contribution < -0.4 is 4.74 Å². The molecule has 0 aliphatic rings. The lowest BCUT2D eigenvalue weighted by atomic mass is 10.1. The Morgan fingerprint density at radius 1 is 1.15 bits per heavy atom. The van der Waals surface area contributed by atoms with Gasteiger partial charge in [-0.1, -0.05) is 28.1 Å². The average molecular weight is 428 g/mol. The van der Waals surface area contributed by atoms with E-state index in [-0.39, 0.29) is 11.9 Å². The van der Waals surface area contributed by atoms with Gasteiger partial charge in [-0.3, -0.25) is 4.79 Å². The molecule has 0 aliphatic carbocycles. The van der Waals surface area contributed by atoms with Crippen LogP contribution in [0.4, 0.5) is 0 Å². The summed E-state index contributed by atoms with van der Waals surface area (Å²) >= 11 is 3.43. The summed E-state index contributed by atoms with van der Waals surface area (Å²) in [6.07, 6.45) is 1.64. The zero-order chi connectivity index (χ0) is 19.6. The Hall–Kier alpha value is -2.60. The third-order valence-electron chi connectivity index (χ3n) is 4.81. The molecule has 0 fully saturated rings. The van der Waals surface area contributed by atoms with Crippen molar-refractivity contribution >= 4 is 21.8 Å². The number of amides is 1. The molecule has 2 aromatic carbocycles. The second-order valence-corrected chi connectivity index (χ2v) is 7.31. The van der Waals surface area contributed by atoms with Crippen LogP contribution in [0.2, 0.25) is 0 Å². The largest absolute Gasteiger partial charge is 0.497 e. The fourth-order valence-corrected chi connectivity index (χ4v) is 3.20. The van der Waals surface area contributed by atoms with Crippen LogP contribution in [0.15, 0.2) is 59.2 Å². The molecule has 0 radical (unpaired) electrons. The molecule has 3 rings (SSSR count). The molecular weight excluding hydrogens is 406 g/mol. The molecule has 1 heterocycles. The summed E-state index contributed by atoms with van der Waals surface area (Å²) in [5, 5.41) is 4.41. The maximum absolute atomic E-state index is 13.0. The number of nitrogens with zero attached hydrogens (tertiary/aromatic N) is 3. The van der Waals surface area contributed by atoms with Gasteiger partial charge in [0.25, 0.3) is 5.91 Å². The van der Waals surface area contributed by atoms with Gasteiger partial charge in [0.2, 0.25) is 0 Å². The molecule has 27 heavy (non-hydrogen) atoms. The van der Waals surface area contributed by atoms with Gasteiger partial charge >= 0.3 is 0 Å². The summed E-state index contributed by atoms with van der Waals surface area (Å²) in [5.74, 6) is 0.741. The zero-order valence-electron chi connectivity index (χ0n) is 15.8. The molecular formula is C21H22BrN3O2. The molecule has 1 aromatic heterocycles. The molecule has 1 atom stereocenters. The van der Waals surface area contributed by atoms with E-state index < -0.39 is 0 Å².